The van der Waals surface area contributed by atoms with E-state index in [0.717, 1.165) is 19.3 Å². The molecule has 0 heterocycles. The van der Waals surface area contributed by atoms with Crippen molar-refractivity contribution in [1.82, 2.24) is 0 Å². The largest absolute Gasteiger partial charge is 0.0869 e. The van der Waals surface area contributed by atoms with Gasteiger partial charge >= 0.3 is 0 Å². The molecule has 0 saturated heterocycles. The molecule has 1 rings (SSSR count). The summed E-state index contributed by atoms with van der Waals surface area (Å²) in [6.45, 7) is 18.3. The summed E-state index contributed by atoms with van der Waals surface area (Å²) in [6, 6.07) is 10.1. The smallest absolute Gasteiger partial charge is 0.0846 e. The molecule has 0 aliphatic carbocycles. The van der Waals surface area contributed by atoms with Crippen molar-refractivity contribution in [2.45, 2.75) is 106 Å². The van der Waals surface area contributed by atoms with Crippen molar-refractivity contribution in [3.8, 4) is 0 Å². The SMILES string of the molecule is CC(C)=CCC/C(C)=C/CC/C(C)=C/CC/C(C)=C/C/C=C/C=C/C[Si](C)(C)c1ccccc1C. The first-order valence-corrected chi connectivity index (χ1v) is 16.8. The van der Waals surface area contributed by atoms with Gasteiger partial charge in [-0.05, 0) is 92.5 Å². The van der Waals surface area contributed by atoms with Gasteiger partial charge in [-0.25, -0.2) is 0 Å². The highest BCUT2D eigenvalue weighted by atomic mass is 28.3. The Bertz CT molecular complexity index is 927. The zero-order valence-corrected chi connectivity index (χ0v) is 25.1. The van der Waals surface area contributed by atoms with Crippen molar-refractivity contribution in [3.63, 3.8) is 0 Å². The van der Waals surface area contributed by atoms with Gasteiger partial charge in [0, 0.05) is 0 Å². The fraction of sp³-hybridized carbons (Fsp3) is 0.471. The van der Waals surface area contributed by atoms with E-state index in [-0.39, 0.29) is 0 Å². The highest BCUT2D eigenvalue weighted by Gasteiger charge is 2.22. The van der Waals surface area contributed by atoms with Crippen LogP contribution in [0.15, 0.2) is 95.2 Å². The molecule has 0 fully saturated rings. The van der Waals surface area contributed by atoms with Gasteiger partial charge in [0.05, 0.1) is 8.07 Å². The Morgan fingerprint density at radius 1 is 0.686 bits per heavy atom. The second-order valence-corrected chi connectivity index (χ2v) is 15.8. The van der Waals surface area contributed by atoms with Crippen LogP contribution in [0, 0.1) is 6.92 Å². The Kier molecular flexibility index (Phi) is 15.3. The summed E-state index contributed by atoms with van der Waals surface area (Å²) in [6.07, 6.45) is 26.7. The molecule has 0 nitrogen and oxygen atoms in total. The molecule has 0 aromatic heterocycles. The summed E-state index contributed by atoms with van der Waals surface area (Å²) in [5, 5.41) is 1.58. The molecule has 0 aliphatic heterocycles. The minimum absolute atomic E-state index is 1.02. The molecule has 1 aromatic carbocycles. The van der Waals surface area contributed by atoms with Crippen LogP contribution in [0.1, 0.15) is 85.1 Å². The molecule has 0 N–H and O–H groups in total. The van der Waals surface area contributed by atoms with Crippen LogP contribution in [-0.2, 0) is 0 Å². The second kappa shape index (κ2) is 17.3. The average molecular weight is 489 g/mol. The first kappa shape index (κ1) is 30.9. The molecule has 0 amide bonds. The van der Waals surface area contributed by atoms with Crippen molar-refractivity contribution < 1.29 is 0 Å². The van der Waals surface area contributed by atoms with E-state index < -0.39 is 8.07 Å². The Morgan fingerprint density at radius 2 is 1.20 bits per heavy atom. The van der Waals surface area contributed by atoms with Crippen molar-refractivity contribution >= 4 is 13.3 Å². The lowest BCUT2D eigenvalue weighted by atomic mass is 10.0. The van der Waals surface area contributed by atoms with Crippen molar-refractivity contribution in [1.29, 1.82) is 0 Å². The van der Waals surface area contributed by atoms with E-state index in [9.17, 15) is 0 Å². The predicted molar refractivity (Wildman–Crippen MR) is 164 cm³/mol. The molecule has 1 aromatic rings. The number of allylic oxidation sites excluding steroid dienone is 12. The quantitative estimate of drug-likeness (QED) is 0.131. The molecule has 0 bridgehead atoms. The Morgan fingerprint density at radius 3 is 1.77 bits per heavy atom. The maximum Gasteiger partial charge on any atom is 0.0846 e. The normalized spacial score (nSPS) is 13.8. The van der Waals surface area contributed by atoms with Gasteiger partial charge < -0.3 is 0 Å². The Balaban J connectivity index is 2.30. The van der Waals surface area contributed by atoms with E-state index >= 15 is 0 Å². The van der Waals surface area contributed by atoms with Crippen LogP contribution in [0.25, 0.3) is 0 Å². The number of benzene rings is 1. The van der Waals surface area contributed by atoms with Crippen LogP contribution in [0.5, 0.6) is 0 Å². The lowest BCUT2D eigenvalue weighted by Gasteiger charge is -2.23. The number of hydrogen-bond donors (Lipinski definition) is 0. The van der Waals surface area contributed by atoms with Crippen molar-refractivity contribution in [3.05, 3.63) is 101 Å². The third kappa shape index (κ3) is 14.8. The van der Waals surface area contributed by atoms with E-state index in [1.165, 1.54) is 59.6 Å². The molecule has 35 heavy (non-hydrogen) atoms. The number of aryl methyl sites for hydroxylation is 1. The van der Waals surface area contributed by atoms with Gasteiger partial charge in [0.25, 0.3) is 0 Å². The molecule has 0 atom stereocenters. The summed E-state index contributed by atoms with van der Waals surface area (Å²) in [7, 11) is -1.40. The van der Waals surface area contributed by atoms with Crippen LogP contribution < -0.4 is 5.19 Å². The van der Waals surface area contributed by atoms with Gasteiger partial charge in [-0.1, -0.05) is 119 Å². The first-order chi connectivity index (χ1) is 16.6. The van der Waals surface area contributed by atoms with E-state index in [2.05, 4.69) is 128 Å². The highest BCUT2D eigenvalue weighted by Crippen LogP contribution is 2.15. The molecular formula is C34H52Si. The minimum Gasteiger partial charge on any atom is -0.0869 e. The Hall–Kier alpha value is -2.12. The summed E-state index contributed by atoms with van der Waals surface area (Å²) in [5.74, 6) is 0. The molecular weight excluding hydrogens is 436 g/mol. The van der Waals surface area contributed by atoms with Crippen molar-refractivity contribution in [2.75, 3.05) is 0 Å². The summed E-state index contributed by atoms with van der Waals surface area (Å²) >= 11 is 0. The monoisotopic (exact) mass is 488 g/mol. The lowest BCUT2D eigenvalue weighted by molar-refractivity contribution is 0.898. The van der Waals surface area contributed by atoms with Gasteiger partial charge in [-0.3, -0.25) is 0 Å². The van der Waals surface area contributed by atoms with E-state index in [0.29, 0.717) is 0 Å². The van der Waals surface area contributed by atoms with E-state index in [1.54, 1.807) is 5.19 Å². The highest BCUT2D eigenvalue weighted by molar-refractivity contribution is 6.90. The number of rotatable bonds is 15. The van der Waals surface area contributed by atoms with Gasteiger partial charge in [-0.2, -0.15) is 0 Å². The summed E-state index contributed by atoms with van der Waals surface area (Å²) in [4.78, 5) is 0. The topological polar surface area (TPSA) is 0 Å². The third-order valence-corrected chi connectivity index (χ3v) is 9.92. The zero-order valence-electron chi connectivity index (χ0n) is 24.1. The molecule has 0 spiro atoms. The molecule has 0 unspecified atom stereocenters. The summed E-state index contributed by atoms with van der Waals surface area (Å²) < 4.78 is 0. The molecule has 0 aliphatic rings. The van der Waals surface area contributed by atoms with Crippen molar-refractivity contribution in [2.24, 2.45) is 0 Å². The molecule has 0 radical (unpaired) electrons. The average Bonchev–Trinajstić information content (AvgIpc) is 2.78. The van der Waals surface area contributed by atoms with Crippen LogP contribution in [0.4, 0.5) is 0 Å². The first-order valence-electron chi connectivity index (χ1n) is 13.6. The van der Waals surface area contributed by atoms with Crippen LogP contribution in [0.3, 0.4) is 0 Å². The standard InChI is InChI=1S/C34H52Si/c1-29(2)19-16-21-31(4)23-18-25-32(5)24-17-22-30(3)20-12-10-9-11-15-28-35(7,8)34-27-14-13-26-33(34)6/h9-11,13-15,19-20,23-24,26-27H,12,16-18,21-22,25,28H2,1-8H3/b10-9+,15-11+,30-20+,31-23+,32-24+. The molecule has 0 saturated carbocycles. The van der Waals surface area contributed by atoms with Gasteiger partial charge in [0.2, 0.25) is 0 Å². The third-order valence-electron chi connectivity index (χ3n) is 6.64. The van der Waals surface area contributed by atoms with Gasteiger partial charge in [-0.15, -0.1) is 0 Å². The maximum atomic E-state index is 2.47. The predicted octanol–water partition coefficient (Wildman–Crippen LogP) is 10.6. The Labute approximate surface area is 219 Å². The van der Waals surface area contributed by atoms with E-state index in [4.69, 9.17) is 0 Å². The zero-order chi connectivity index (χ0) is 26.1. The van der Waals surface area contributed by atoms with Crippen LogP contribution in [0.2, 0.25) is 19.1 Å². The van der Waals surface area contributed by atoms with Crippen LogP contribution >= 0.6 is 0 Å². The minimum atomic E-state index is -1.40. The number of hydrogen-bond acceptors (Lipinski definition) is 0. The lowest BCUT2D eigenvalue weighted by Crippen LogP contribution is -2.42. The molecule has 192 valence electrons. The van der Waals surface area contributed by atoms with Gasteiger partial charge in [0.15, 0.2) is 0 Å². The van der Waals surface area contributed by atoms with Crippen LogP contribution in [-0.4, -0.2) is 8.07 Å². The fourth-order valence-corrected chi connectivity index (χ4v) is 6.94. The maximum absolute atomic E-state index is 2.47. The second-order valence-electron chi connectivity index (χ2n) is 11.0. The van der Waals surface area contributed by atoms with Gasteiger partial charge in [0.1, 0.15) is 0 Å². The molecule has 1 heteroatoms. The van der Waals surface area contributed by atoms with E-state index in [1.807, 2.05) is 0 Å². The summed E-state index contributed by atoms with van der Waals surface area (Å²) in [5.41, 5.74) is 7.40. The fourth-order valence-electron chi connectivity index (χ4n) is 4.30.